The minimum atomic E-state index is -0.468. The number of benzene rings is 2. The van der Waals surface area contributed by atoms with Crippen LogP contribution in [0.2, 0.25) is 0 Å². The van der Waals surface area contributed by atoms with Crippen LogP contribution in [0, 0.1) is 10.1 Å². The van der Waals surface area contributed by atoms with Crippen molar-refractivity contribution < 1.29 is 10.0 Å². The topological polar surface area (TPSA) is 101 Å². The van der Waals surface area contributed by atoms with Crippen LogP contribution in [0.25, 0.3) is 11.3 Å². The lowest BCUT2D eigenvalue weighted by molar-refractivity contribution is -0.384. The molecular formula is C16H12N4O3. The van der Waals surface area contributed by atoms with E-state index in [1.165, 1.54) is 12.1 Å². The fourth-order valence-corrected chi connectivity index (χ4v) is 2.09. The van der Waals surface area contributed by atoms with Gasteiger partial charge in [0.15, 0.2) is 0 Å². The lowest BCUT2D eigenvalue weighted by atomic mass is 10.1. The number of nitrogens with zero attached hydrogens (tertiary/aromatic N) is 3. The highest BCUT2D eigenvalue weighted by Crippen LogP contribution is 2.28. The van der Waals surface area contributed by atoms with Gasteiger partial charge in [0, 0.05) is 29.6 Å². The SMILES string of the molecule is O=[N+]([O-])c1cccc(Nc2nccc(-c3ccccc3O)n2)c1. The molecule has 0 aliphatic rings. The minimum absolute atomic E-state index is 0.0214. The summed E-state index contributed by atoms with van der Waals surface area (Å²) in [5, 5.41) is 23.6. The van der Waals surface area contributed by atoms with Gasteiger partial charge in [0.1, 0.15) is 5.75 Å². The summed E-state index contributed by atoms with van der Waals surface area (Å²) in [4.78, 5) is 18.7. The van der Waals surface area contributed by atoms with E-state index in [2.05, 4.69) is 15.3 Å². The molecule has 2 N–H and O–H groups in total. The number of phenols is 1. The van der Waals surface area contributed by atoms with Crippen LogP contribution in [-0.2, 0) is 0 Å². The first-order chi connectivity index (χ1) is 11.1. The van der Waals surface area contributed by atoms with E-state index in [0.717, 1.165) is 0 Å². The fourth-order valence-electron chi connectivity index (χ4n) is 2.09. The van der Waals surface area contributed by atoms with Gasteiger partial charge in [-0.2, -0.15) is 0 Å². The normalized spacial score (nSPS) is 10.3. The van der Waals surface area contributed by atoms with Crippen LogP contribution in [0.1, 0.15) is 0 Å². The molecule has 0 aliphatic heterocycles. The van der Waals surface area contributed by atoms with E-state index >= 15 is 0 Å². The predicted molar refractivity (Wildman–Crippen MR) is 85.5 cm³/mol. The summed E-state index contributed by atoms with van der Waals surface area (Å²) in [6.45, 7) is 0. The molecule has 0 saturated carbocycles. The van der Waals surface area contributed by atoms with Crippen molar-refractivity contribution in [2.75, 3.05) is 5.32 Å². The molecule has 0 amide bonds. The zero-order valence-electron chi connectivity index (χ0n) is 11.9. The smallest absolute Gasteiger partial charge is 0.271 e. The summed E-state index contributed by atoms with van der Waals surface area (Å²) in [6, 6.07) is 14.6. The third-order valence-electron chi connectivity index (χ3n) is 3.15. The molecular weight excluding hydrogens is 296 g/mol. The third-order valence-corrected chi connectivity index (χ3v) is 3.15. The van der Waals surface area contributed by atoms with Crippen LogP contribution in [0.3, 0.4) is 0 Å². The average molecular weight is 308 g/mol. The fraction of sp³-hybridized carbons (Fsp3) is 0. The van der Waals surface area contributed by atoms with E-state index in [-0.39, 0.29) is 17.4 Å². The number of rotatable bonds is 4. The van der Waals surface area contributed by atoms with Crippen molar-refractivity contribution in [1.82, 2.24) is 9.97 Å². The highest BCUT2D eigenvalue weighted by atomic mass is 16.6. The lowest BCUT2D eigenvalue weighted by Crippen LogP contribution is -1.98. The number of para-hydroxylation sites is 1. The Morgan fingerprint density at radius 2 is 1.91 bits per heavy atom. The predicted octanol–water partition coefficient (Wildman–Crippen LogP) is 3.50. The molecule has 3 rings (SSSR count). The number of aromatic nitrogens is 2. The van der Waals surface area contributed by atoms with Gasteiger partial charge in [-0.3, -0.25) is 10.1 Å². The number of nitro groups is 1. The van der Waals surface area contributed by atoms with Crippen molar-refractivity contribution in [2.45, 2.75) is 0 Å². The monoisotopic (exact) mass is 308 g/mol. The van der Waals surface area contributed by atoms with Crippen molar-refractivity contribution >= 4 is 17.3 Å². The second-order valence-electron chi connectivity index (χ2n) is 4.72. The molecule has 0 spiro atoms. The van der Waals surface area contributed by atoms with Gasteiger partial charge in [0.2, 0.25) is 5.95 Å². The number of anilines is 2. The summed E-state index contributed by atoms with van der Waals surface area (Å²) in [7, 11) is 0. The highest BCUT2D eigenvalue weighted by Gasteiger charge is 2.09. The first-order valence-electron chi connectivity index (χ1n) is 6.76. The Morgan fingerprint density at radius 1 is 1.09 bits per heavy atom. The summed E-state index contributed by atoms with van der Waals surface area (Å²) in [6.07, 6.45) is 1.55. The zero-order chi connectivity index (χ0) is 16.2. The molecule has 1 heterocycles. The molecule has 114 valence electrons. The molecule has 1 aromatic heterocycles. The van der Waals surface area contributed by atoms with Crippen LogP contribution >= 0.6 is 0 Å². The Kier molecular flexibility index (Phi) is 3.84. The number of hydrogen-bond donors (Lipinski definition) is 2. The van der Waals surface area contributed by atoms with Crippen LogP contribution < -0.4 is 5.32 Å². The maximum atomic E-state index is 10.8. The van der Waals surface area contributed by atoms with Crippen molar-refractivity contribution in [3.05, 3.63) is 70.9 Å². The van der Waals surface area contributed by atoms with Gasteiger partial charge < -0.3 is 10.4 Å². The number of phenolic OH excluding ortho intramolecular Hbond substituents is 1. The number of aromatic hydroxyl groups is 1. The van der Waals surface area contributed by atoms with E-state index in [1.807, 2.05) is 0 Å². The number of nitrogens with one attached hydrogen (secondary N) is 1. The Hall–Kier alpha value is -3.48. The van der Waals surface area contributed by atoms with Crippen LogP contribution in [0.15, 0.2) is 60.8 Å². The van der Waals surface area contributed by atoms with Crippen molar-refractivity contribution in [2.24, 2.45) is 0 Å². The summed E-state index contributed by atoms with van der Waals surface area (Å²) in [5.74, 6) is 0.402. The Labute approximate surface area is 131 Å². The second kappa shape index (κ2) is 6.10. The van der Waals surface area contributed by atoms with Gasteiger partial charge in [-0.1, -0.05) is 18.2 Å². The molecule has 0 radical (unpaired) electrons. The molecule has 2 aromatic carbocycles. The van der Waals surface area contributed by atoms with Crippen molar-refractivity contribution in [3.8, 4) is 17.0 Å². The molecule has 0 fully saturated rings. The first-order valence-corrected chi connectivity index (χ1v) is 6.76. The molecule has 0 bridgehead atoms. The van der Waals surface area contributed by atoms with E-state index < -0.39 is 4.92 Å². The van der Waals surface area contributed by atoms with Gasteiger partial charge in [-0.15, -0.1) is 0 Å². The quantitative estimate of drug-likeness (QED) is 0.565. The Bertz CT molecular complexity index is 867. The van der Waals surface area contributed by atoms with E-state index in [4.69, 9.17) is 0 Å². The second-order valence-corrected chi connectivity index (χ2v) is 4.72. The van der Waals surface area contributed by atoms with E-state index in [9.17, 15) is 15.2 Å². The van der Waals surface area contributed by atoms with Crippen molar-refractivity contribution in [3.63, 3.8) is 0 Å². The number of hydrogen-bond acceptors (Lipinski definition) is 6. The maximum Gasteiger partial charge on any atom is 0.271 e. The summed E-state index contributed by atoms with van der Waals surface area (Å²) in [5.41, 5.74) is 1.61. The average Bonchev–Trinajstić information content (AvgIpc) is 2.56. The van der Waals surface area contributed by atoms with E-state index in [0.29, 0.717) is 16.9 Å². The summed E-state index contributed by atoms with van der Waals surface area (Å²) < 4.78 is 0. The van der Waals surface area contributed by atoms with E-state index in [1.54, 1.807) is 48.7 Å². The van der Waals surface area contributed by atoms with Gasteiger partial charge in [-0.05, 0) is 24.3 Å². The summed E-state index contributed by atoms with van der Waals surface area (Å²) >= 11 is 0. The molecule has 23 heavy (non-hydrogen) atoms. The molecule has 0 unspecified atom stereocenters. The first kappa shape index (κ1) is 14.5. The highest BCUT2D eigenvalue weighted by molar-refractivity contribution is 5.68. The van der Waals surface area contributed by atoms with Crippen LogP contribution in [0.4, 0.5) is 17.3 Å². The van der Waals surface area contributed by atoms with Crippen LogP contribution in [-0.4, -0.2) is 20.0 Å². The standard InChI is InChI=1S/C16H12N4O3/c21-15-7-2-1-6-13(15)14-8-9-17-16(19-14)18-11-4-3-5-12(10-11)20(22)23/h1-10,21H,(H,17,18,19). The zero-order valence-corrected chi connectivity index (χ0v) is 11.9. The molecule has 0 atom stereocenters. The van der Waals surface area contributed by atoms with Gasteiger partial charge in [-0.25, -0.2) is 9.97 Å². The largest absolute Gasteiger partial charge is 0.507 e. The molecule has 3 aromatic rings. The van der Waals surface area contributed by atoms with Gasteiger partial charge >= 0.3 is 0 Å². The number of nitro benzene ring substituents is 1. The Morgan fingerprint density at radius 3 is 2.70 bits per heavy atom. The molecule has 0 saturated heterocycles. The molecule has 7 heteroatoms. The molecule has 0 aliphatic carbocycles. The lowest BCUT2D eigenvalue weighted by Gasteiger charge is -2.07. The van der Waals surface area contributed by atoms with Crippen molar-refractivity contribution in [1.29, 1.82) is 0 Å². The van der Waals surface area contributed by atoms with Crippen LogP contribution in [0.5, 0.6) is 5.75 Å². The maximum absolute atomic E-state index is 10.8. The minimum Gasteiger partial charge on any atom is -0.507 e. The van der Waals surface area contributed by atoms with Gasteiger partial charge in [0.05, 0.1) is 10.6 Å². The third kappa shape index (κ3) is 3.24. The van der Waals surface area contributed by atoms with Gasteiger partial charge in [0.25, 0.3) is 5.69 Å². The molecule has 7 nitrogen and oxygen atoms in total. The Balaban J connectivity index is 1.90. The number of non-ortho nitro benzene ring substituents is 1.